The van der Waals surface area contributed by atoms with Gasteiger partial charge in [0.25, 0.3) is 0 Å². The molecule has 0 aliphatic rings. The molecule has 6 heteroatoms. The van der Waals surface area contributed by atoms with Crippen molar-refractivity contribution in [1.29, 1.82) is 0 Å². The number of carbonyl (C=O) groups excluding carboxylic acids is 2. The van der Waals surface area contributed by atoms with Crippen LogP contribution in [0.1, 0.15) is 30.4 Å². The fourth-order valence-corrected chi connectivity index (χ4v) is 2.75. The van der Waals surface area contributed by atoms with Gasteiger partial charge in [0.2, 0.25) is 11.8 Å². The number of benzene rings is 2. The van der Waals surface area contributed by atoms with Crippen LogP contribution in [0.3, 0.4) is 0 Å². The average molecular weight is 360 g/mol. The Balaban J connectivity index is 1.89. The molecule has 0 aliphatic heterocycles. The predicted octanol–water partition coefficient (Wildman–Crippen LogP) is 2.92. The minimum Gasteiger partial charge on any atom is -0.369 e. The molecule has 0 aromatic heterocycles. The van der Waals surface area contributed by atoms with Gasteiger partial charge in [0, 0.05) is 13.0 Å². The highest BCUT2D eigenvalue weighted by Gasteiger charge is 2.19. The van der Waals surface area contributed by atoms with E-state index in [0.29, 0.717) is 12.0 Å². The van der Waals surface area contributed by atoms with E-state index in [0.717, 1.165) is 5.56 Å². The van der Waals surface area contributed by atoms with Crippen LogP contribution in [-0.4, -0.2) is 18.4 Å². The highest BCUT2D eigenvalue weighted by atomic mass is 19.1. The molecular formula is C20H22F2N2O2. The lowest BCUT2D eigenvalue weighted by atomic mass is 9.96. The average Bonchev–Trinajstić information content (AvgIpc) is 2.60. The molecule has 0 spiro atoms. The van der Waals surface area contributed by atoms with Crippen LogP contribution in [0.2, 0.25) is 0 Å². The van der Waals surface area contributed by atoms with E-state index in [-0.39, 0.29) is 36.4 Å². The summed E-state index contributed by atoms with van der Waals surface area (Å²) in [6, 6.07) is 12.1. The van der Waals surface area contributed by atoms with Gasteiger partial charge in [-0.15, -0.1) is 0 Å². The molecule has 3 N–H and O–H groups in total. The van der Waals surface area contributed by atoms with Crippen LogP contribution >= 0.6 is 0 Å². The molecule has 0 saturated carbocycles. The Hall–Kier alpha value is -2.76. The van der Waals surface area contributed by atoms with Crippen molar-refractivity contribution in [2.45, 2.75) is 25.7 Å². The van der Waals surface area contributed by atoms with Crippen molar-refractivity contribution in [1.82, 2.24) is 5.32 Å². The van der Waals surface area contributed by atoms with Gasteiger partial charge in [-0.1, -0.05) is 37.3 Å². The van der Waals surface area contributed by atoms with Gasteiger partial charge in [-0.3, -0.25) is 9.59 Å². The van der Waals surface area contributed by atoms with Crippen LogP contribution in [0, 0.1) is 17.6 Å². The molecule has 26 heavy (non-hydrogen) atoms. The van der Waals surface area contributed by atoms with Gasteiger partial charge in [0.1, 0.15) is 11.6 Å². The van der Waals surface area contributed by atoms with Gasteiger partial charge in [-0.2, -0.15) is 0 Å². The van der Waals surface area contributed by atoms with Gasteiger partial charge in [0.05, 0.1) is 5.92 Å². The summed E-state index contributed by atoms with van der Waals surface area (Å²) < 4.78 is 26.7. The maximum absolute atomic E-state index is 13.8. The molecule has 0 radical (unpaired) electrons. The number of rotatable bonds is 8. The highest BCUT2D eigenvalue weighted by molar-refractivity contribution is 5.80. The third-order valence-electron chi connectivity index (χ3n) is 4.27. The third kappa shape index (κ3) is 5.65. The number of hydrogen-bond acceptors (Lipinski definition) is 2. The van der Waals surface area contributed by atoms with E-state index in [4.69, 9.17) is 5.73 Å². The number of carbonyl (C=O) groups is 2. The predicted molar refractivity (Wildman–Crippen MR) is 95.2 cm³/mol. The first-order valence-corrected chi connectivity index (χ1v) is 8.41. The molecule has 2 unspecified atom stereocenters. The van der Waals surface area contributed by atoms with E-state index in [9.17, 15) is 18.4 Å². The van der Waals surface area contributed by atoms with Crippen LogP contribution in [0.5, 0.6) is 0 Å². The number of amides is 2. The normalized spacial score (nSPS) is 13.0. The zero-order valence-electron chi connectivity index (χ0n) is 14.5. The van der Waals surface area contributed by atoms with E-state index in [2.05, 4.69) is 5.32 Å². The quantitative estimate of drug-likeness (QED) is 0.760. The maximum atomic E-state index is 13.8. The standard InChI is InChI=1S/C20H22F2N2O2/c1-13(17-4-2-3-5-18(17)22)10-19(25)24-12-15(20(23)26)11-14-6-8-16(21)9-7-14/h2-9,13,15H,10-12H2,1H3,(H2,23,26)(H,24,25). The highest BCUT2D eigenvalue weighted by Crippen LogP contribution is 2.21. The summed E-state index contributed by atoms with van der Waals surface area (Å²) in [4.78, 5) is 23.7. The van der Waals surface area contributed by atoms with Crippen molar-refractivity contribution in [2.24, 2.45) is 11.7 Å². The summed E-state index contributed by atoms with van der Waals surface area (Å²) in [6.45, 7) is 1.84. The smallest absolute Gasteiger partial charge is 0.222 e. The number of hydrogen-bond donors (Lipinski definition) is 2. The van der Waals surface area contributed by atoms with Crippen molar-refractivity contribution >= 4 is 11.8 Å². The van der Waals surface area contributed by atoms with Gasteiger partial charge in [-0.25, -0.2) is 8.78 Å². The van der Waals surface area contributed by atoms with Crippen molar-refractivity contribution < 1.29 is 18.4 Å². The van der Waals surface area contributed by atoms with Crippen molar-refractivity contribution in [3.8, 4) is 0 Å². The Morgan fingerprint density at radius 3 is 2.35 bits per heavy atom. The van der Waals surface area contributed by atoms with E-state index in [1.807, 2.05) is 0 Å². The molecule has 2 aromatic rings. The van der Waals surface area contributed by atoms with Crippen molar-refractivity contribution in [2.75, 3.05) is 6.54 Å². The summed E-state index contributed by atoms with van der Waals surface area (Å²) in [5, 5.41) is 2.68. The minimum atomic E-state index is -0.604. The Kier molecular flexibility index (Phi) is 6.83. The van der Waals surface area contributed by atoms with Crippen LogP contribution in [0.15, 0.2) is 48.5 Å². The van der Waals surface area contributed by atoms with Gasteiger partial charge < -0.3 is 11.1 Å². The molecule has 0 aliphatic carbocycles. The Morgan fingerprint density at radius 1 is 1.08 bits per heavy atom. The first kappa shape index (κ1) is 19.6. The molecule has 2 rings (SSSR count). The largest absolute Gasteiger partial charge is 0.369 e. The zero-order chi connectivity index (χ0) is 19.1. The molecular weight excluding hydrogens is 338 g/mol. The van der Waals surface area contributed by atoms with E-state index in [1.54, 1.807) is 37.3 Å². The summed E-state index contributed by atoms with van der Waals surface area (Å²) in [7, 11) is 0. The number of halogens is 2. The monoisotopic (exact) mass is 360 g/mol. The SMILES string of the molecule is CC(CC(=O)NCC(Cc1ccc(F)cc1)C(N)=O)c1ccccc1F. The minimum absolute atomic E-state index is 0.0789. The van der Waals surface area contributed by atoms with Crippen LogP contribution in [-0.2, 0) is 16.0 Å². The fraction of sp³-hybridized carbons (Fsp3) is 0.300. The van der Waals surface area contributed by atoms with Gasteiger partial charge >= 0.3 is 0 Å². The summed E-state index contributed by atoms with van der Waals surface area (Å²) in [5.41, 5.74) is 6.63. The topological polar surface area (TPSA) is 72.2 Å². The van der Waals surface area contributed by atoms with Crippen LogP contribution < -0.4 is 11.1 Å². The van der Waals surface area contributed by atoms with Crippen LogP contribution in [0.4, 0.5) is 8.78 Å². The number of primary amides is 1. The van der Waals surface area contributed by atoms with E-state index < -0.39 is 11.8 Å². The molecule has 138 valence electrons. The second kappa shape index (κ2) is 9.08. The summed E-state index contributed by atoms with van der Waals surface area (Å²) >= 11 is 0. The first-order chi connectivity index (χ1) is 12.4. The van der Waals surface area contributed by atoms with Gasteiger partial charge in [-0.05, 0) is 41.7 Å². The zero-order valence-corrected chi connectivity index (χ0v) is 14.5. The Bertz CT molecular complexity index is 763. The van der Waals surface area contributed by atoms with Crippen LogP contribution in [0.25, 0.3) is 0 Å². The first-order valence-electron chi connectivity index (χ1n) is 8.41. The molecule has 4 nitrogen and oxygen atoms in total. The third-order valence-corrected chi connectivity index (χ3v) is 4.27. The molecule has 0 fully saturated rings. The summed E-state index contributed by atoms with van der Waals surface area (Å²) in [6.07, 6.45) is 0.404. The molecule has 2 aromatic carbocycles. The second-order valence-corrected chi connectivity index (χ2v) is 6.36. The molecule has 0 heterocycles. The lowest BCUT2D eigenvalue weighted by molar-refractivity contribution is -0.123. The van der Waals surface area contributed by atoms with E-state index in [1.165, 1.54) is 18.2 Å². The lowest BCUT2D eigenvalue weighted by Gasteiger charge is -2.16. The molecule has 0 saturated heterocycles. The Morgan fingerprint density at radius 2 is 1.73 bits per heavy atom. The molecule has 2 amide bonds. The maximum Gasteiger partial charge on any atom is 0.222 e. The number of nitrogens with one attached hydrogen (secondary N) is 1. The Labute approximate surface area is 151 Å². The van der Waals surface area contributed by atoms with Crippen molar-refractivity contribution in [3.05, 3.63) is 71.3 Å². The van der Waals surface area contributed by atoms with E-state index >= 15 is 0 Å². The summed E-state index contributed by atoms with van der Waals surface area (Å²) in [5.74, 6) is -2.43. The van der Waals surface area contributed by atoms with Crippen molar-refractivity contribution in [3.63, 3.8) is 0 Å². The second-order valence-electron chi connectivity index (χ2n) is 6.36. The fourth-order valence-electron chi connectivity index (χ4n) is 2.75. The number of nitrogens with two attached hydrogens (primary N) is 1. The molecule has 0 bridgehead atoms. The molecule has 2 atom stereocenters. The lowest BCUT2D eigenvalue weighted by Crippen LogP contribution is -2.37. The van der Waals surface area contributed by atoms with Gasteiger partial charge in [0.15, 0.2) is 0 Å².